The van der Waals surface area contributed by atoms with Crippen LogP contribution < -0.4 is 10.5 Å². The van der Waals surface area contributed by atoms with Gasteiger partial charge in [-0.05, 0) is 56.7 Å². The number of anilines is 1. The lowest BCUT2D eigenvalue weighted by molar-refractivity contribution is -0.116. The average molecular weight is 484 g/mol. The average Bonchev–Trinajstić information content (AvgIpc) is 3.29. The monoisotopic (exact) mass is 483 g/mol. The number of thioether (sulfide) groups is 1. The quantitative estimate of drug-likeness (QED) is 0.325. The number of aromatic nitrogens is 4. The molecule has 0 bridgehead atoms. The first kappa shape index (κ1) is 22.9. The molecule has 176 valence electrons. The minimum atomic E-state index is -0.152. The van der Waals surface area contributed by atoms with E-state index >= 15 is 0 Å². The molecule has 3 aromatic carbocycles. The third kappa shape index (κ3) is 4.10. The van der Waals surface area contributed by atoms with Crippen LogP contribution in [0.1, 0.15) is 18.1 Å². The molecule has 0 saturated heterocycles. The van der Waals surface area contributed by atoms with Crippen molar-refractivity contribution in [1.82, 2.24) is 19.2 Å². The summed E-state index contributed by atoms with van der Waals surface area (Å²) in [7, 11) is 0. The van der Waals surface area contributed by atoms with Crippen molar-refractivity contribution in [1.29, 1.82) is 0 Å². The third-order valence-electron chi connectivity index (χ3n) is 6.00. The van der Waals surface area contributed by atoms with Crippen LogP contribution in [0.5, 0.6) is 0 Å². The first-order chi connectivity index (χ1) is 17.0. The highest BCUT2D eigenvalue weighted by Crippen LogP contribution is 2.25. The molecule has 0 saturated carbocycles. The minimum Gasteiger partial charge on any atom is -0.312 e. The summed E-state index contributed by atoms with van der Waals surface area (Å²) < 4.78 is 3.48. The maximum Gasteiger partial charge on any atom is 0.267 e. The van der Waals surface area contributed by atoms with Gasteiger partial charge in [-0.3, -0.25) is 14.0 Å². The van der Waals surface area contributed by atoms with Gasteiger partial charge in [0.05, 0.1) is 22.3 Å². The molecule has 0 aliphatic carbocycles. The van der Waals surface area contributed by atoms with Crippen LogP contribution in [0.2, 0.25) is 0 Å². The largest absolute Gasteiger partial charge is 0.312 e. The molecule has 2 aromatic heterocycles. The Bertz CT molecular complexity index is 1610. The van der Waals surface area contributed by atoms with Crippen LogP contribution in [0.15, 0.2) is 82.7 Å². The number of benzene rings is 3. The molecular weight excluding hydrogens is 458 g/mol. The van der Waals surface area contributed by atoms with Gasteiger partial charge in [0.25, 0.3) is 5.56 Å². The van der Waals surface area contributed by atoms with Crippen LogP contribution in [-0.4, -0.2) is 37.4 Å². The maximum absolute atomic E-state index is 13.6. The number of carbonyl (C=O) groups excluding carboxylic acids is 1. The zero-order valence-corrected chi connectivity index (χ0v) is 20.6. The van der Waals surface area contributed by atoms with Crippen molar-refractivity contribution in [3.63, 3.8) is 0 Å². The fraction of sp³-hybridized carbons (Fsp3) is 0.185. The molecule has 0 radical (unpaired) electrons. The number of amides is 1. The van der Waals surface area contributed by atoms with Gasteiger partial charge in [-0.1, -0.05) is 59.8 Å². The summed E-state index contributed by atoms with van der Waals surface area (Å²) >= 11 is 1.32. The van der Waals surface area contributed by atoms with Crippen molar-refractivity contribution in [3.8, 4) is 5.69 Å². The predicted octanol–water partition coefficient (Wildman–Crippen LogP) is 4.80. The Hall–Kier alpha value is -3.91. The Labute approximate surface area is 207 Å². The first-order valence-electron chi connectivity index (χ1n) is 11.4. The van der Waals surface area contributed by atoms with E-state index < -0.39 is 0 Å². The van der Waals surface area contributed by atoms with Gasteiger partial charge in [0.1, 0.15) is 0 Å². The van der Waals surface area contributed by atoms with Crippen LogP contribution in [0.3, 0.4) is 0 Å². The minimum absolute atomic E-state index is 0.0209. The van der Waals surface area contributed by atoms with E-state index in [0.717, 1.165) is 22.5 Å². The second kappa shape index (κ2) is 9.38. The van der Waals surface area contributed by atoms with Gasteiger partial charge in [-0.2, -0.15) is 0 Å². The number of nitrogens with zero attached hydrogens (tertiary/aromatic N) is 5. The topological polar surface area (TPSA) is 72.5 Å². The van der Waals surface area contributed by atoms with Gasteiger partial charge in [-0.15, -0.1) is 10.2 Å². The summed E-state index contributed by atoms with van der Waals surface area (Å²) in [5.41, 5.74) is 4.27. The fourth-order valence-electron chi connectivity index (χ4n) is 4.36. The lowest BCUT2D eigenvalue weighted by Crippen LogP contribution is -2.32. The molecule has 35 heavy (non-hydrogen) atoms. The van der Waals surface area contributed by atoms with Gasteiger partial charge in [0.2, 0.25) is 11.7 Å². The van der Waals surface area contributed by atoms with E-state index in [2.05, 4.69) is 10.2 Å². The normalized spacial score (nSPS) is 11.3. The van der Waals surface area contributed by atoms with E-state index in [9.17, 15) is 9.59 Å². The van der Waals surface area contributed by atoms with E-state index in [1.807, 2.05) is 98.0 Å². The molecule has 0 unspecified atom stereocenters. The summed E-state index contributed by atoms with van der Waals surface area (Å²) in [5, 5.41) is 9.92. The SMILES string of the molecule is CCN(C(=O)CSc1nnc2n(-c3ccc(C)cc3C)c(=O)c3ccccc3n12)c1ccccc1. The third-order valence-corrected chi connectivity index (χ3v) is 6.91. The number of hydrogen-bond acceptors (Lipinski definition) is 5. The Morgan fingerprint density at radius 1 is 0.971 bits per heavy atom. The summed E-state index contributed by atoms with van der Waals surface area (Å²) in [6, 6.07) is 23.0. The van der Waals surface area contributed by atoms with Crippen LogP contribution in [-0.2, 0) is 4.79 Å². The Morgan fingerprint density at radius 3 is 2.46 bits per heavy atom. The highest BCUT2D eigenvalue weighted by Gasteiger charge is 2.21. The highest BCUT2D eigenvalue weighted by molar-refractivity contribution is 7.99. The highest BCUT2D eigenvalue weighted by atomic mass is 32.2. The molecule has 5 rings (SSSR count). The van der Waals surface area contributed by atoms with Gasteiger partial charge >= 0.3 is 0 Å². The number of carbonyl (C=O) groups is 1. The van der Waals surface area contributed by atoms with Gasteiger partial charge < -0.3 is 4.90 Å². The second-order valence-corrected chi connectivity index (χ2v) is 9.27. The first-order valence-corrected chi connectivity index (χ1v) is 12.4. The van der Waals surface area contributed by atoms with Crippen molar-refractivity contribution < 1.29 is 4.79 Å². The van der Waals surface area contributed by atoms with Crippen LogP contribution in [0.25, 0.3) is 22.4 Å². The lowest BCUT2D eigenvalue weighted by atomic mass is 10.1. The smallest absolute Gasteiger partial charge is 0.267 e. The Balaban J connectivity index is 1.60. The van der Waals surface area contributed by atoms with Gasteiger partial charge in [0.15, 0.2) is 5.16 Å². The molecule has 7 nitrogen and oxygen atoms in total. The number of fused-ring (bicyclic) bond motifs is 3. The van der Waals surface area contributed by atoms with E-state index in [-0.39, 0.29) is 17.2 Å². The molecule has 0 aliphatic rings. The predicted molar refractivity (Wildman–Crippen MR) is 141 cm³/mol. The van der Waals surface area contributed by atoms with E-state index in [1.165, 1.54) is 11.8 Å². The standard InChI is InChI=1S/C27H25N5O2S/c1-4-30(20-10-6-5-7-11-20)24(33)17-35-27-29-28-26-31(22-15-14-18(2)16-19(22)3)25(34)21-12-8-9-13-23(21)32(26)27/h5-16H,4,17H2,1-3H3. The molecule has 2 heterocycles. The summed E-state index contributed by atoms with van der Waals surface area (Å²) in [5.74, 6) is 0.596. The molecule has 0 spiro atoms. The lowest BCUT2D eigenvalue weighted by Gasteiger charge is -2.20. The zero-order valence-electron chi connectivity index (χ0n) is 19.8. The molecule has 0 N–H and O–H groups in total. The van der Waals surface area contributed by atoms with Crippen molar-refractivity contribution >= 4 is 40.0 Å². The summed E-state index contributed by atoms with van der Waals surface area (Å²) in [6.07, 6.45) is 0. The summed E-state index contributed by atoms with van der Waals surface area (Å²) in [6.45, 7) is 6.53. The van der Waals surface area contributed by atoms with Crippen molar-refractivity contribution in [2.24, 2.45) is 0 Å². The molecule has 0 fully saturated rings. The van der Waals surface area contributed by atoms with E-state index in [0.29, 0.717) is 28.4 Å². The molecule has 8 heteroatoms. The Morgan fingerprint density at radius 2 is 1.71 bits per heavy atom. The maximum atomic E-state index is 13.6. The molecule has 0 atom stereocenters. The number of para-hydroxylation sites is 2. The molecule has 1 amide bonds. The van der Waals surface area contributed by atoms with Gasteiger partial charge in [0, 0.05) is 12.2 Å². The van der Waals surface area contributed by atoms with E-state index in [4.69, 9.17) is 0 Å². The van der Waals surface area contributed by atoms with Gasteiger partial charge in [-0.25, -0.2) is 4.57 Å². The van der Waals surface area contributed by atoms with Crippen molar-refractivity contribution in [2.45, 2.75) is 25.9 Å². The molecule has 5 aromatic rings. The van der Waals surface area contributed by atoms with E-state index in [1.54, 1.807) is 9.47 Å². The van der Waals surface area contributed by atoms with Crippen molar-refractivity contribution in [3.05, 3.63) is 94.3 Å². The van der Waals surface area contributed by atoms with Crippen LogP contribution >= 0.6 is 11.8 Å². The fourth-order valence-corrected chi connectivity index (χ4v) is 5.18. The van der Waals surface area contributed by atoms with Crippen molar-refractivity contribution in [2.75, 3.05) is 17.2 Å². The number of rotatable bonds is 6. The number of aryl methyl sites for hydroxylation is 2. The summed E-state index contributed by atoms with van der Waals surface area (Å²) in [4.78, 5) is 28.4. The zero-order chi connectivity index (χ0) is 24.5. The van der Waals surface area contributed by atoms with Crippen LogP contribution in [0, 0.1) is 13.8 Å². The molecular formula is C27H25N5O2S. The second-order valence-electron chi connectivity index (χ2n) is 8.33. The molecule has 0 aliphatic heterocycles. The van der Waals surface area contributed by atoms with Crippen LogP contribution in [0.4, 0.5) is 5.69 Å². The number of hydrogen-bond donors (Lipinski definition) is 0. The Kier molecular flexibility index (Phi) is 6.13.